The molecule has 3 heterocycles. The molecular formula is C48H29N3OS. The molecule has 0 amide bonds. The molecule has 4 nitrogen and oxygen atoms in total. The molecule has 0 atom stereocenters. The molecule has 0 bridgehead atoms. The van der Waals surface area contributed by atoms with Gasteiger partial charge in [0, 0.05) is 48.7 Å². The fourth-order valence-electron chi connectivity index (χ4n) is 7.80. The van der Waals surface area contributed by atoms with Crippen molar-refractivity contribution in [1.82, 2.24) is 9.97 Å². The number of furan rings is 1. The minimum absolute atomic E-state index is 0.677. The predicted octanol–water partition coefficient (Wildman–Crippen LogP) is 13.9. The van der Waals surface area contributed by atoms with E-state index < -0.39 is 0 Å². The lowest BCUT2D eigenvalue weighted by molar-refractivity contribution is 0.673. The zero-order chi connectivity index (χ0) is 34.9. The Bertz CT molecular complexity index is 3150. The van der Waals surface area contributed by atoms with Crippen molar-refractivity contribution in [3.63, 3.8) is 0 Å². The molecule has 11 rings (SSSR count). The van der Waals surface area contributed by atoms with Gasteiger partial charge in [-0.15, -0.1) is 11.3 Å². The van der Waals surface area contributed by atoms with Crippen LogP contribution in [0.5, 0.6) is 0 Å². The molecule has 0 aliphatic heterocycles. The molecule has 11 aromatic rings. The van der Waals surface area contributed by atoms with Crippen LogP contribution in [0.1, 0.15) is 0 Å². The van der Waals surface area contributed by atoms with E-state index in [1.54, 1.807) is 11.3 Å². The van der Waals surface area contributed by atoms with E-state index in [1.807, 2.05) is 12.1 Å². The minimum atomic E-state index is 0.677. The molecule has 53 heavy (non-hydrogen) atoms. The van der Waals surface area contributed by atoms with Crippen LogP contribution < -0.4 is 4.90 Å². The number of hydrogen-bond acceptors (Lipinski definition) is 5. The largest absolute Gasteiger partial charge is 0.453 e. The molecule has 248 valence electrons. The maximum atomic E-state index is 7.09. The average Bonchev–Trinajstić information content (AvgIpc) is 3.81. The highest BCUT2D eigenvalue weighted by Crippen LogP contribution is 2.47. The lowest BCUT2D eigenvalue weighted by Crippen LogP contribution is -2.09. The Morgan fingerprint density at radius 2 is 1.15 bits per heavy atom. The molecule has 8 aromatic carbocycles. The van der Waals surface area contributed by atoms with Crippen LogP contribution >= 0.6 is 11.3 Å². The Balaban J connectivity index is 1.24. The van der Waals surface area contributed by atoms with E-state index in [4.69, 9.17) is 14.4 Å². The first kappa shape index (κ1) is 29.9. The molecule has 3 aromatic heterocycles. The number of nitrogens with zero attached hydrogens (tertiary/aromatic N) is 3. The molecular weight excluding hydrogens is 667 g/mol. The lowest BCUT2D eigenvalue weighted by Gasteiger charge is -2.25. The van der Waals surface area contributed by atoms with E-state index in [0.29, 0.717) is 5.82 Å². The van der Waals surface area contributed by atoms with Crippen molar-refractivity contribution in [3.8, 4) is 22.6 Å². The van der Waals surface area contributed by atoms with Gasteiger partial charge in [0.2, 0.25) is 0 Å². The van der Waals surface area contributed by atoms with Crippen LogP contribution in [0.4, 0.5) is 17.1 Å². The van der Waals surface area contributed by atoms with Gasteiger partial charge < -0.3 is 9.32 Å². The van der Waals surface area contributed by atoms with Crippen molar-refractivity contribution in [2.24, 2.45) is 0 Å². The van der Waals surface area contributed by atoms with E-state index in [9.17, 15) is 0 Å². The van der Waals surface area contributed by atoms with Gasteiger partial charge >= 0.3 is 0 Å². The molecule has 0 fully saturated rings. The zero-order valence-electron chi connectivity index (χ0n) is 28.4. The number of aromatic nitrogens is 2. The number of para-hydroxylation sites is 3. The topological polar surface area (TPSA) is 42.2 Å². The van der Waals surface area contributed by atoms with Gasteiger partial charge in [-0.3, -0.25) is 0 Å². The molecule has 0 saturated heterocycles. The third-order valence-electron chi connectivity index (χ3n) is 10.2. The average molecular weight is 696 g/mol. The highest BCUT2D eigenvalue weighted by atomic mass is 32.1. The summed E-state index contributed by atoms with van der Waals surface area (Å²) in [4.78, 5) is 13.2. The van der Waals surface area contributed by atoms with Crippen LogP contribution in [0, 0.1) is 0 Å². The fraction of sp³-hybridized carbons (Fsp3) is 0. The fourth-order valence-corrected chi connectivity index (χ4v) is 8.95. The zero-order valence-corrected chi connectivity index (χ0v) is 29.2. The van der Waals surface area contributed by atoms with Gasteiger partial charge in [0.15, 0.2) is 11.4 Å². The summed E-state index contributed by atoms with van der Waals surface area (Å²) in [7, 11) is 0. The molecule has 0 spiro atoms. The number of fused-ring (bicyclic) bond motifs is 9. The number of benzene rings is 8. The quantitative estimate of drug-likeness (QED) is 0.180. The van der Waals surface area contributed by atoms with Gasteiger partial charge in [-0.25, -0.2) is 9.97 Å². The third kappa shape index (κ3) is 4.75. The highest BCUT2D eigenvalue weighted by molar-refractivity contribution is 7.26. The van der Waals surface area contributed by atoms with E-state index in [-0.39, 0.29) is 0 Å². The Kier molecular flexibility index (Phi) is 6.69. The molecule has 0 radical (unpaired) electrons. The molecule has 0 saturated carbocycles. The normalized spacial score (nSPS) is 11.8. The first-order valence-corrected chi connectivity index (χ1v) is 18.6. The number of thiophene rings is 1. The van der Waals surface area contributed by atoms with E-state index in [0.717, 1.165) is 82.2 Å². The second-order valence-electron chi connectivity index (χ2n) is 13.3. The summed E-state index contributed by atoms with van der Waals surface area (Å²) < 4.78 is 9.37. The van der Waals surface area contributed by atoms with Gasteiger partial charge in [-0.05, 0) is 64.7 Å². The van der Waals surface area contributed by atoms with Crippen LogP contribution in [0.15, 0.2) is 180 Å². The number of rotatable bonds is 5. The highest BCUT2D eigenvalue weighted by Gasteiger charge is 2.24. The second kappa shape index (κ2) is 11.9. The van der Waals surface area contributed by atoms with Gasteiger partial charge in [-0.1, -0.05) is 127 Å². The maximum Gasteiger partial charge on any atom is 0.161 e. The van der Waals surface area contributed by atoms with Crippen molar-refractivity contribution in [2.45, 2.75) is 0 Å². The van der Waals surface area contributed by atoms with Crippen molar-refractivity contribution in [1.29, 1.82) is 0 Å². The maximum absolute atomic E-state index is 7.09. The monoisotopic (exact) mass is 695 g/mol. The van der Waals surface area contributed by atoms with Crippen molar-refractivity contribution < 1.29 is 4.42 Å². The summed E-state index contributed by atoms with van der Waals surface area (Å²) in [6.45, 7) is 0. The van der Waals surface area contributed by atoms with Gasteiger partial charge in [0.05, 0.1) is 21.6 Å². The van der Waals surface area contributed by atoms with Gasteiger partial charge in [0.25, 0.3) is 0 Å². The summed E-state index contributed by atoms with van der Waals surface area (Å²) in [6, 6.07) is 61.7. The Morgan fingerprint density at radius 3 is 1.94 bits per heavy atom. The van der Waals surface area contributed by atoms with Crippen LogP contribution in [0.2, 0.25) is 0 Å². The lowest BCUT2D eigenvalue weighted by atomic mass is 9.98. The van der Waals surface area contributed by atoms with Crippen LogP contribution in [0.25, 0.3) is 86.4 Å². The minimum Gasteiger partial charge on any atom is -0.453 e. The SMILES string of the molecule is c1ccc(N(c2ccccc2)c2cccc3c2oc2c4ccccc4cc(-c4nc(-c5ccc6ccccc6c5)c5sc6ccccc6c5n4)c32)cc1. The molecule has 0 aliphatic carbocycles. The molecule has 0 aliphatic rings. The number of anilines is 3. The van der Waals surface area contributed by atoms with Gasteiger partial charge in [0.1, 0.15) is 5.58 Å². The smallest absolute Gasteiger partial charge is 0.161 e. The second-order valence-corrected chi connectivity index (χ2v) is 14.4. The molecule has 5 heteroatoms. The first-order chi connectivity index (χ1) is 26.3. The summed E-state index contributed by atoms with van der Waals surface area (Å²) >= 11 is 1.75. The molecule has 0 N–H and O–H groups in total. The molecule has 0 unspecified atom stereocenters. The standard InChI is InChI=1S/C48H29N3OS/c1-3-17-34(18-4-1)51(35-19-5-2-6-20-35)40-24-13-23-38-42-39(29-32-16-9-10-21-36(32)46(42)52-45(38)40)48-49-43(33-27-26-30-14-7-8-15-31(30)28-33)47-44(50-48)37-22-11-12-25-41(37)53-47/h1-29H. The van der Waals surface area contributed by atoms with Crippen molar-refractivity contribution in [2.75, 3.05) is 4.90 Å². The number of hydrogen-bond donors (Lipinski definition) is 0. The Morgan fingerprint density at radius 1 is 0.491 bits per heavy atom. The predicted molar refractivity (Wildman–Crippen MR) is 223 cm³/mol. The van der Waals surface area contributed by atoms with Crippen molar-refractivity contribution >= 4 is 92.2 Å². The summed E-state index contributed by atoms with van der Waals surface area (Å²) in [5.74, 6) is 0.677. The van der Waals surface area contributed by atoms with Crippen molar-refractivity contribution in [3.05, 3.63) is 176 Å². The van der Waals surface area contributed by atoms with E-state index in [2.05, 4.69) is 169 Å². The van der Waals surface area contributed by atoms with Crippen LogP contribution in [-0.2, 0) is 0 Å². The van der Waals surface area contributed by atoms with Crippen LogP contribution in [-0.4, -0.2) is 9.97 Å². The summed E-state index contributed by atoms with van der Waals surface area (Å²) in [5.41, 5.74) is 8.62. The Labute approximate surface area is 308 Å². The van der Waals surface area contributed by atoms with Gasteiger partial charge in [-0.2, -0.15) is 0 Å². The van der Waals surface area contributed by atoms with E-state index in [1.165, 1.54) is 15.5 Å². The Hall–Kier alpha value is -6.82. The summed E-state index contributed by atoms with van der Waals surface area (Å²) in [5, 5.41) is 7.67. The third-order valence-corrected chi connectivity index (χ3v) is 11.4. The first-order valence-electron chi connectivity index (χ1n) is 17.7. The summed E-state index contributed by atoms with van der Waals surface area (Å²) in [6.07, 6.45) is 0. The van der Waals surface area contributed by atoms with Crippen LogP contribution in [0.3, 0.4) is 0 Å². The van der Waals surface area contributed by atoms with E-state index >= 15 is 0 Å².